The Morgan fingerprint density at radius 3 is 2.48 bits per heavy atom. The Labute approximate surface area is 138 Å². The number of carbonyl (C=O) groups is 2. The van der Waals surface area contributed by atoms with Gasteiger partial charge in [0.15, 0.2) is 0 Å². The van der Waals surface area contributed by atoms with Crippen LogP contribution in [0.15, 0.2) is 30.3 Å². The molecule has 2 unspecified atom stereocenters. The summed E-state index contributed by atoms with van der Waals surface area (Å²) in [7, 11) is 0. The first-order valence-corrected chi connectivity index (χ1v) is 8.37. The van der Waals surface area contributed by atoms with Gasteiger partial charge in [0.25, 0.3) is 0 Å². The molecule has 0 spiro atoms. The molecular weight excluding hydrogens is 290 g/mol. The molecule has 0 amide bonds. The van der Waals surface area contributed by atoms with E-state index in [0.717, 1.165) is 12.0 Å². The summed E-state index contributed by atoms with van der Waals surface area (Å²) in [6.07, 6.45) is 1.94. The van der Waals surface area contributed by atoms with Gasteiger partial charge in [0.05, 0.1) is 11.5 Å². The molecule has 1 heterocycles. The van der Waals surface area contributed by atoms with Gasteiger partial charge in [-0.15, -0.1) is 5.06 Å². The molecule has 1 aliphatic rings. The van der Waals surface area contributed by atoms with E-state index in [4.69, 9.17) is 4.84 Å². The van der Waals surface area contributed by atoms with Gasteiger partial charge in [0.1, 0.15) is 5.78 Å². The van der Waals surface area contributed by atoms with Gasteiger partial charge in [-0.05, 0) is 39.2 Å². The third-order valence-electron chi connectivity index (χ3n) is 4.31. The summed E-state index contributed by atoms with van der Waals surface area (Å²) in [4.78, 5) is 30.2. The lowest BCUT2D eigenvalue weighted by molar-refractivity contribution is -0.221. The van der Waals surface area contributed by atoms with Gasteiger partial charge < -0.3 is 4.84 Å². The maximum atomic E-state index is 12.4. The number of ketones is 1. The van der Waals surface area contributed by atoms with Crippen molar-refractivity contribution in [3.8, 4) is 0 Å². The van der Waals surface area contributed by atoms with Gasteiger partial charge in [-0.1, -0.05) is 37.3 Å². The summed E-state index contributed by atoms with van der Waals surface area (Å²) < 4.78 is 0. The van der Waals surface area contributed by atoms with E-state index in [1.165, 1.54) is 0 Å². The standard InChI is InChI=1S/C19H27NO3/c1-5-16-12-17(21)15(11-14-9-7-6-8-10-14)13-20(16)23-18(22)19(2,3)4/h6-10,15-16H,5,11-13H2,1-4H3. The lowest BCUT2D eigenvalue weighted by Crippen LogP contribution is -2.49. The number of carbonyl (C=O) groups excluding carboxylic acids is 2. The minimum absolute atomic E-state index is 0.0131. The molecule has 1 saturated heterocycles. The zero-order valence-corrected chi connectivity index (χ0v) is 14.5. The zero-order valence-electron chi connectivity index (χ0n) is 14.5. The highest BCUT2D eigenvalue weighted by Crippen LogP contribution is 2.26. The number of piperidine rings is 1. The highest BCUT2D eigenvalue weighted by atomic mass is 16.7. The van der Waals surface area contributed by atoms with Crippen molar-refractivity contribution in [1.29, 1.82) is 0 Å². The Morgan fingerprint density at radius 2 is 1.91 bits per heavy atom. The number of Topliss-reactive ketones (excluding diaryl/α,β-unsaturated/α-hetero) is 1. The quantitative estimate of drug-likeness (QED) is 0.854. The smallest absolute Gasteiger partial charge is 0.330 e. The van der Waals surface area contributed by atoms with Crippen LogP contribution < -0.4 is 0 Å². The second-order valence-electron chi connectivity index (χ2n) is 7.35. The van der Waals surface area contributed by atoms with E-state index in [0.29, 0.717) is 19.4 Å². The minimum Gasteiger partial charge on any atom is -0.367 e. The molecule has 2 atom stereocenters. The van der Waals surface area contributed by atoms with Crippen molar-refractivity contribution in [2.75, 3.05) is 6.54 Å². The number of benzene rings is 1. The van der Waals surface area contributed by atoms with Gasteiger partial charge in [-0.25, -0.2) is 4.79 Å². The predicted molar refractivity (Wildman–Crippen MR) is 89.6 cm³/mol. The summed E-state index contributed by atoms with van der Waals surface area (Å²) in [5.74, 6) is -0.0968. The van der Waals surface area contributed by atoms with Crippen LogP contribution in [-0.2, 0) is 20.8 Å². The van der Waals surface area contributed by atoms with Crippen LogP contribution in [0.3, 0.4) is 0 Å². The van der Waals surface area contributed by atoms with Crippen molar-refractivity contribution in [3.05, 3.63) is 35.9 Å². The van der Waals surface area contributed by atoms with Crippen LogP contribution >= 0.6 is 0 Å². The molecule has 4 heteroatoms. The molecule has 1 fully saturated rings. The lowest BCUT2D eigenvalue weighted by atomic mass is 9.87. The first kappa shape index (κ1) is 17.7. The molecule has 0 aromatic heterocycles. The van der Waals surface area contributed by atoms with Gasteiger partial charge >= 0.3 is 5.97 Å². The average molecular weight is 317 g/mol. The Hall–Kier alpha value is -1.68. The normalized spacial score (nSPS) is 22.9. The second kappa shape index (κ2) is 7.26. The van der Waals surface area contributed by atoms with Crippen molar-refractivity contribution in [1.82, 2.24) is 5.06 Å². The summed E-state index contributed by atoms with van der Waals surface area (Å²) in [6.45, 7) is 8.02. The van der Waals surface area contributed by atoms with E-state index >= 15 is 0 Å². The molecular formula is C19H27NO3. The number of hydrogen-bond donors (Lipinski definition) is 0. The Morgan fingerprint density at radius 1 is 1.26 bits per heavy atom. The van der Waals surface area contributed by atoms with E-state index in [-0.39, 0.29) is 23.7 Å². The number of rotatable bonds is 4. The fourth-order valence-electron chi connectivity index (χ4n) is 2.75. The van der Waals surface area contributed by atoms with Crippen LogP contribution in [0.2, 0.25) is 0 Å². The van der Waals surface area contributed by atoms with Crippen molar-refractivity contribution in [2.45, 2.75) is 53.0 Å². The molecule has 0 N–H and O–H groups in total. The summed E-state index contributed by atoms with van der Waals surface area (Å²) in [5.41, 5.74) is 0.595. The van der Waals surface area contributed by atoms with E-state index in [2.05, 4.69) is 0 Å². The van der Waals surface area contributed by atoms with E-state index in [9.17, 15) is 9.59 Å². The molecule has 0 saturated carbocycles. The molecule has 0 aliphatic carbocycles. The van der Waals surface area contributed by atoms with Crippen LogP contribution in [0.5, 0.6) is 0 Å². The van der Waals surface area contributed by atoms with Crippen molar-refractivity contribution in [3.63, 3.8) is 0 Å². The van der Waals surface area contributed by atoms with Crippen molar-refractivity contribution < 1.29 is 14.4 Å². The average Bonchev–Trinajstić information content (AvgIpc) is 2.50. The number of nitrogens with zero attached hydrogens (tertiary/aromatic N) is 1. The molecule has 1 aliphatic heterocycles. The minimum atomic E-state index is -0.547. The van der Waals surface area contributed by atoms with E-state index in [1.807, 2.05) is 58.0 Å². The monoisotopic (exact) mass is 317 g/mol. The largest absolute Gasteiger partial charge is 0.367 e. The third-order valence-corrected chi connectivity index (χ3v) is 4.31. The SMILES string of the molecule is CCC1CC(=O)C(Cc2ccccc2)CN1OC(=O)C(C)(C)C. The van der Waals surface area contributed by atoms with Crippen LogP contribution in [0.25, 0.3) is 0 Å². The summed E-state index contributed by atoms with van der Waals surface area (Å²) in [6, 6.07) is 9.98. The topological polar surface area (TPSA) is 46.6 Å². The fraction of sp³-hybridized carbons (Fsp3) is 0.579. The highest BCUT2D eigenvalue weighted by Gasteiger charge is 2.37. The zero-order chi connectivity index (χ0) is 17.0. The molecule has 1 aromatic rings. The van der Waals surface area contributed by atoms with Gasteiger partial charge in [-0.3, -0.25) is 4.79 Å². The molecule has 126 valence electrons. The molecule has 1 aromatic carbocycles. The lowest BCUT2D eigenvalue weighted by Gasteiger charge is -2.37. The van der Waals surface area contributed by atoms with Crippen LogP contribution in [0.4, 0.5) is 0 Å². The number of hydroxylamine groups is 2. The first-order valence-electron chi connectivity index (χ1n) is 8.37. The Kier molecular flexibility index (Phi) is 5.58. The van der Waals surface area contributed by atoms with Crippen LogP contribution in [0.1, 0.15) is 46.1 Å². The van der Waals surface area contributed by atoms with Crippen molar-refractivity contribution >= 4 is 11.8 Å². The molecule has 2 rings (SSSR count). The molecule has 4 nitrogen and oxygen atoms in total. The molecule has 0 bridgehead atoms. The van der Waals surface area contributed by atoms with E-state index < -0.39 is 5.41 Å². The highest BCUT2D eigenvalue weighted by molar-refractivity contribution is 5.83. The third kappa shape index (κ3) is 4.64. The Balaban J connectivity index is 2.08. The molecule has 0 radical (unpaired) electrons. The summed E-state index contributed by atoms with van der Waals surface area (Å²) in [5, 5.41) is 1.74. The van der Waals surface area contributed by atoms with E-state index in [1.54, 1.807) is 5.06 Å². The fourth-order valence-corrected chi connectivity index (χ4v) is 2.75. The predicted octanol–water partition coefficient (Wildman–Crippen LogP) is 3.40. The van der Waals surface area contributed by atoms with Crippen LogP contribution in [0, 0.1) is 11.3 Å². The maximum Gasteiger partial charge on any atom is 0.330 e. The molecule has 23 heavy (non-hydrogen) atoms. The van der Waals surface area contributed by atoms with Crippen molar-refractivity contribution in [2.24, 2.45) is 11.3 Å². The maximum absolute atomic E-state index is 12.4. The second-order valence-corrected chi connectivity index (χ2v) is 7.35. The number of hydrogen-bond acceptors (Lipinski definition) is 4. The first-order chi connectivity index (χ1) is 10.8. The van der Waals surface area contributed by atoms with Gasteiger partial charge in [-0.2, -0.15) is 0 Å². The van der Waals surface area contributed by atoms with Gasteiger partial charge in [0, 0.05) is 18.9 Å². The Bertz CT molecular complexity index is 547. The summed E-state index contributed by atoms with van der Waals surface area (Å²) >= 11 is 0. The van der Waals surface area contributed by atoms with Gasteiger partial charge in [0.2, 0.25) is 0 Å². The van der Waals surface area contributed by atoms with Crippen LogP contribution in [-0.4, -0.2) is 29.4 Å².